The van der Waals surface area contributed by atoms with Crippen molar-refractivity contribution in [2.75, 3.05) is 13.7 Å². The van der Waals surface area contributed by atoms with E-state index < -0.39 is 0 Å². The van der Waals surface area contributed by atoms with Crippen LogP contribution in [-0.2, 0) is 6.54 Å². The van der Waals surface area contributed by atoms with Crippen molar-refractivity contribution in [3.63, 3.8) is 0 Å². The van der Waals surface area contributed by atoms with Crippen LogP contribution < -0.4 is 4.74 Å². The summed E-state index contributed by atoms with van der Waals surface area (Å²) in [6, 6.07) is 17.7. The Morgan fingerprint density at radius 3 is 2.65 bits per heavy atom. The summed E-state index contributed by atoms with van der Waals surface area (Å²) in [4.78, 5) is 6.76. The number of ether oxygens (including phenoxy) is 1. The second-order valence-electron chi connectivity index (χ2n) is 6.51. The number of rotatable bonds is 5. The smallest absolute Gasteiger partial charge is 0.244 e. The van der Waals surface area contributed by atoms with Crippen LogP contribution in [0.5, 0.6) is 5.75 Å². The van der Waals surface area contributed by atoms with E-state index in [1.54, 1.807) is 7.11 Å². The third kappa shape index (κ3) is 3.47. The van der Waals surface area contributed by atoms with Crippen molar-refractivity contribution < 1.29 is 14.4 Å². The van der Waals surface area contributed by atoms with E-state index in [0.29, 0.717) is 24.7 Å². The van der Waals surface area contributed by atoms with Gasteiger partial charge in [-0.05, 0) is 36.2 Å². The van der Waals surface area contributed by atoms with Crippen LogP contribution in [0.25, 0.3) is 11.4 Å². The van der Waals surface area contributed by atoms with Crippen LogP contribution in [0.3, 0.4) is 0 Å². The molecule has 134 valence electrons. The third-order valence-corrected chi connectivity index (χ3v) is 4.68. The standard InChI is InChI=1S/C20H21N3O3/c1-25-17-9-7-15(8-10-17)19-21-20(26-22-19)18-11-16(24)13-23(18)12-14-5-3-2-4-6-14/h2-10,16,18,24H,11-13H2,1H3/t16-,18+/m1/s1. The van der Waals surface area contributed by atoms with Gasteiger partial charge in [0.2, 0.25) is 11.7 Å². The van der Waals surface area contributed by atoms with Gasteiger partial charge < -0.3 is 14.4 Å². The van der Waals surface area contributed by atoms with E-state index in [4.69, 9.17) is 9.26 Å². The van der Waals surface area contributed by atoms with Crippen LogP contribution in [0.2, 0.25) is 0 Å². The molecule has 6 heteroatoms. The molecule has 1 N–H and O–H groups in total. The van der Waals surface area contributed by atoms with Crippen LogP contribution in [0.4, 0.5) is 0 Å². The first-order valence-electron chi connectivity index (χ1n) is 8.67. The van der Waals surface area contributed by atoms with Crippen molar-refractivity contribution in [2.45, 2.75) is 25.1 Å². The maximum absolute atomic E-state index is 10.1. The van der Waals surface area contributed by atoms with Crippen molar-refractivity contribution in [3.05, 3.63) is 66.1 Å². The lowest BCUT2D eigenvalue weighted by Gasteiger charge is -2.21. The number of hydrogen-bond donors (Lipinski definition) is 1. The molecule has 2 heterocycles. The summed E-state index contributed by atoms with van der Waals surface area (Å²) in [6.07, 6.45) is 0.205. The highest BCUT2D eigenvalue weighted by Gasteiger charge is 2.35. The van der Waals surface area contributed by atoms with Crippen molar-refractivity contribution in [1.82, 2.24) is 15.0 Å². The van der Waals surface area contributed by atoms with E-state index in [0.717, 1.165) is 17.9 Å². The predicted molar refractivity (Wildman–Crippen MR) is 96.5 cm³/mol. The summed E-state index contributed by atoms with van der Waals surface area (Å²) in [5.74, 6) is 1.87. The molecule has 2 aromatic carbocycles. The van der Waals surface area contributed by atoms with E-state index in [1.165, 1.54) is 5.56 Å². The molecular formula is C20H21N3O3. The number of nitrogens with zero attached hydrogens (tertiary/aromatic N) is 3. The lowest BCUT2D eigenvalue weighted by Crippen LogP contribution is -2.24. The molecule has 0 aliphatic carbocycles. The zero-order valence-electron chi connectivity index (χ0n) is 14.6. The molecule has 1 aromatic heterocycles. The Morgan fingerprint density at radius 2 is 1.92 bits per heavy atom. The average molecular weight is 351 g/mol. The van der Waals surface area contributed by atoms with Gasteiger partial charge >= 0.3 is 0 Å². The van der Waals surface area contributed by atoms with E-state index in [9.17, 15) is 5.11 Å². The third-order valence-electron chi connectivity index (χ3n) is 4.68. The summed E-state index contributed by atoms with van der Waals surface area (Å²) in [5, 5.41) is 14.3. The molecule has 4 rings (SSSR count). The minimum absolute atomic E-state index is 0.0790. The number of methoxy groups -OCH3 is 1. The maximum Gasteiger partial charge on any atom is 0.244 e. The van der Waals surface area contributed by atoms with Gasteiger partial charge in [-0.3, -0.25) is 4.90 Å². The first kappa shape index (κ1) is 16.8. The highest BCUT2D eigenvalue weighted by Crippen LogP contribution is 2.33. The first-order valence-corrected chi connectivity index (χ1v) is 8.67. The van der Waals surface area contributed by atoms with E-state index in [-0.39, 0.29) is 12.1 Å². The Kier molecular flexibility index (Phi) is 4.69. The van der Waals surface area contributed by atoms with E-state index in [2.05, 4.69) is 27.2 Å². The lowest BCUT2D eigenvalue weighted by atomic mass is 10.1. The van der Waals surface area contributed by atoms with Gasteiger partial charge in [0.1, 0.15) is 5.75 Å². The van der Waals surface area contributed by atoms with Crippen LogP contribution in [0.1, 0.15) is 23.9 Å². The quantitative estimate of drug-likeness (QED) is 0.762. The summed E-state index contributed by atoms with van der Waals surface area (Å²) >= 11 is 0. The van der Waals surface area contributed by atoms with Gasteiger partial charge in [0.05, 0.1) is 19.3 Å². The average Bonchev–Trinajstić information content (AvgIpc) is 3.29. The molecule has 2 atom stereocenters. The number of aliphatic hydroxyl groups excluding tert-OH is 1. The molecule has 0 saturated carbocycles. The van der Waals surface area contributed by atoms with E-state index in [1.807, 2.05) is 42.5 Å². The minimum atomic E-state index is -0.389. The minimum Gasteiger partial charge on any atom is -0.497 e. The Balaban J connectivity index is 1.54. The molecule has 0 amide bonds. The predicted octanol–water partition coefficient (Wildman–Crippen LogP) is 3.05. The van der Waals surface area contributed by atoms with Gasteiger partial charge in [0, 0.05) is 18.7 Å². The SMILES string of the molecule is COc1ccc(-c2noc([C@@H]3C[C@@H](O)CN3Cc3ccccc3)n2)cc1. The number of hydrogen-bond acceptors (Lipinski definition) is 6. The molecule has 3 aromatic rings. The molecule has 0 unspecified atom stereocenters. The molecule has 1 saturated heterocycles. The largest absolute Gasteiger partial charge is 0.497 e. The molecule has 6 nitrogen and oxygen atoms in total. The lowest BCUT2D eigenvalue weighted by molar-refractivity contribution is 0.169. The van der Waals surface area contributed by atoms with Crippen molar-refractivity contribution in [3.8, 4) is 17.1 Å². The van der Waals surface area contributed by atoms with Gasteiger partial charge in [0.15, 0.2) is 0 Å². The first-order chi connectivity index (χ1) is 12.7. The van der Waals surface area contributed by atoms with Crippen LogP contribution in [0.15, 0.2) is 59.1 Å². The summed E-state index contributed by atoms with van der Waals surface area (Å²) in [7, 11) is 1.63. The van der Waals surface area contributed by atoms with Crippen molar-refractivity contribution in [1.29, 1.82) is 0 Å². The normalized spacial score (nSPS) is 20.4. The fourth-order valence-electron chi connectivity index (χ4n) is 3.36. The van der Waals surface area contributed by atoms with E-state index >= 15 is 0 Å². The molecule has 26 heavy (non-hydrogen) atoms. The molecule has 1 fully saturated rings. The molecule has 0 bridgehead atoms. The monoisotopic (exact) mass is 351 g/mol. The second kappa shape index (κ2) is 7.27. The Hall–Kier alpha value is -2.70. The van der Waals surface area contributed by atoms with Gasteiger partial charge in [-0.1, -0.05) is 35.5 Å². The number of likely N-dealkylation sites (tertiary alicyclic amines) is 1. The molecule has 0 radical (unpaired) electrons. The van der Waals surface area contributed by atoms with Crippen LogP contribution >= 0.6 is 0 Å². The number of aromatic nitrogens is 2. The Morgan fingerprint density at radius 1 is 1.15 bits per heavy atom. The topological polar surface area (TPSA) is 71.6 Å². The fourth-order valence-corrected chi connectivity index (χ4v) is 3.36. The fraction of sp³-hybridized carbons (Fsp3) is 0.300. The van der Waals surface area contributed by atoms with Gasteiger partial charge in [-0.15, -0.1) is 0 Å². The molecule has 1 aliphatic heterocycles. The highest BCUT2D eigenvalue weighted by atomic mass is 16.5. The Labute approximate surface area is 152 Å². The number of β-amino-alcohol motifs (C(OH)–C–C–N with tert-alkyl or cyclic N) is 1. The molecule has 1 aliphatic rings. The van der Waals surface area contributed by atoms with Crippen LogP contribution in [-0.4, -0.2) is 39.9 Å². The maximum atomic E-state index is 10.1. The zero-order chi connectivity index (χ0) is 17.9. The molecule has 0 spiro atoms. The van der Waals surface area contributed by atoms with Gasteiger partial charge in [-0.25, -0.2) is 0 Å². The van der Waals surface area contributed by atoms with Gasteiger partial charge in [0.25, 0.3) is 0 Å². The van der Waals surface area contributed by atoms with Crippen LogP contribution in [0, 0.1) is 0 Å². The number of aliphatic hydroxyl groups is 1. The number of benzene rings is 2. The second-order valence-corrected chi connectivity index (χ2v) is 6.51. The molecular weight excluding hydrogens is 330 g/mol. The summed E-state index contributed by atoms with van der Waals surface area (Å²) in [5.41, 5.74) is 2.07. The van der Waals surface area contributed by atoms with Crippen molar-refractivity contribution >= 4 is 0 Å². The zero-order valence-corrected chi connectivity index (χ0v) is 14.6. The highest BCUT2D eigenvalue weighted by molar-refractivity contribution is 5.55. The van der Waals surface area contributed by atoms with Crippen molar-refractivity contribution in [2.24, 2.45) is 0 Å². The van der Waals surface area contributed by atoms with Gasteiger partial charge in [-0.2, -0.15) is 4.98 Å². The summed E-state index contributed by atoms with van der Waals surface area (Å²) in [6.45, 7) is 1.34. The summed E-state index contributed by atoms with van der Waals surface area (Å²) < 4.78 is 10.7. The Bertz CT molecular complexity index is 848.